The number of unbranched alkanes of at least 4 members (excludes halogenated alkanes) is 3. The fourth-order valence-corrected chi connectivity index (χ4v) is 2.57. The van der Waals surface area contributed by atoms with E-state index in [2.05, 4.69) is 0 Å². The summed E-state index contributed by atoms with van der Waals surface area (Å²) in [7, 11) is 0. The smallest absolute Gasteiger partial charge is 0.326 e. The van der Waals surface area contributed by atoms with Crippen LogP contribution in [-0.4, -0.2) is 46.0 Å². The molecule has 1 heterocycles. The zero-order valence-electron chi connectivity index (χ0n) is 13.8. The Bertz CT molecular complexity index is 413. The van der Waals surface area contributed by atoms with Gasteiger partial charge in [0.05, 0.1) is 0 Å². The maximum absolute atomic E-state index is 11.6. The largest absolute Gasteiger partial charge is 0.480 e. The van der Waals surface area contributed by atoms with Crippen LogP contribution in [0.2, 0.25) is 0 Å². The minimum atomic E-state index is -0.921. The van der Waals surface area contributed by atoms with Gasteiger partial charge >= 0.3 is 11.9 Å². The Morgan fingerprint density at radius 3 is 2.45 bits per heavy atom. The monoisotopic (exact) mass is 313 g/mol. The van der Waals surface area contributed by atoms with E-state index in [1.807, 2.05) is 20.8 Å². The molecule has 0 bridgehead atoms. The van der Waals surface area contributed by atoms with E-state index in [-0.39, 0.29) is 11.9 Å². The molecule has 1 saturated heterocycles. The van der Waals surface area contributed by atoms with E-state index in [9.17, 15) is 14.4 Å². The number of carboxylic acids is 1. The summed E-state index contributed by atoms with van der Waals surface area (Å²) in [6.07, 6.45) is 4.41. The number of carboxylic acid groups (broad SMARTS) is 1. The number of hydrogen-bond donors (Lipinski definition) is 1. The molecule has 0 aromatic carbocycles. The molecule has 126 valence electrons. The molecular weight excluding hydrogens is 286 g/mol. The van der Waals surface area contributed by atoms with Crippen LogP contribution in [0.15, 0.2) is 0 Å². The Kier molecular flexibility index (Phi) is 6.84. The molecule has 6 heteroatoms. The first-order valence-corrected chi connectivity index (χ1v) is 7.95. The number of hydrogen-bond acceptors (Lipinski definition) is 4. The van der Waals surface area contributed by atoms with Crippen molar-refractivity contribution in [3.05, 3.63) is 0 Å². The number of carbonyl (C=O) groups excluding carboxylic acids is 2. The van der Waals surface area contributed by atoms with E-state index >= 15 is 0 Å². The van der Waals surface area contributed by atoms with E-state index in [0.29, 0.717) is 25.8 Å². The maximum Gasteiger partial charge on any atom is 0.326 e. The van der Waals surface area contributed by atoms with Crippen molar-refractivity contribution < 1.29 is 24.2 Å². The maximum atomic E-state index is 11.6. The second kappa shape index (κ2) is 8.15. The highest BCUT2D eigenvalue weighted by molar-refractivity contribution is 5.87. The minimum Gasteiger partial charge on any atom is -0.480 e. The van der Waals surface area contributed by atoms with Gasteiger partial charge in [-0.1, -0.05) is 12.8 Å². The normalized spacial score (nSPS) is 18.6. The molecule has 0 spiro atoms. The summed E-state index contributed by atoms with van der Waals surface area (Å²) >= 11 is 0. The minimum absolute atomic E-state index is 0.0684. The highest BCUT2D eigenvalue weighted by Crippen LogP contribution is 2.20. The highest BCUT2D eigenvalue weighted by Gasteiger charge is 2.35. The number of rotatable bonds is 8. The van der Waals surface area contributed by atoms with Crippen molar-refractivity contribution in [1.82, 2.24) is 4.90 Å². The molecule has 0 radical (unpaired) electrons. The van der Waals surface area contributed by atoms with Gasteiger partial charge in [-0.3, -0.25) is 9.59 Å². The first-order chi connectivity index (χ1) is 10.2. The molecule has 1 amide bonds. The summed E-state index contributed by atoms with van der Waals surface area (Å²) in [5.74, 6) is -1.18. The van der Waals surface area contributed by atoms with Crippen LogP contribution in [0.3, 0.4) is 0 Å². The first-order valence-electron chi connectivity index (χ1n) is 7.95. The summed E-state index contributed by atoms with van der Waals surface area (Å²) in [4.78, 5) is 35.7. The topological polar surface area (TPSA) is 83.9 Å². The molecule has 1 aliphatic heterocycles. The Morgan fingerprint density at radius 2 is 1.86 bits per heavy atom. The number of carbonyl (C=O) groups is 3. The molecule has 1 unspecified atom stereocenters. The quantitative estimate of drug-likeness (QED) is 0.549. The second-order valence-electron chi connectivity index (χ2n) is 6.73. The average molecular weight is 313 g/mol. The molecule has 0 aliphatic carbocycles. The van der Waals surface area contributed by atoms with Gasteiger partial charge in [0.2, 0.25) is 5.91 Å². The van der Waals surface area contributed by atoms with E-state index in [4.69, 9.17) is 9.84 Å². The van der Waals surface area contributed by atoms with Crippen molar-refractivity contribution >= 4 is 17.8 Å². The molecule has 22 heavy (non-hydrogen) atoms. The zero-order chi connectivity index (χ0) is 16.8. The van der Waals surface area contributed by atoms with Crippen LogP contribution in [-0.2, 0) is 19.1 Å². The third kappa shape index (κ3) is 6.45. The second-order valence-corrected chi connectivity index (χ2v) is 6.73. The number of esters is 1. The van der Waals surface area contributed by atoms with Crippen molar-refractivity contribution in [2.45, 2.75) is 77.4 Å². The third-order valence-electron chi connectivity index (χ3n) is 3.56. The van der Waals surface area contributed by atoms with Gasteiger partial charge in [0, 0.05) is 19.4 Å². The molecular formula is C16H27NO5. The van der Waals surface area contributed by atoms with Gasteiger partial charge in [-0.05, 0) is 40.0 Å². The fraction of sp³-hybridized carbons (Fsp3) is 0.812. The van der Waals surface area contributed by atoms with E-state index in [0.717, 1.165) is 25.7 Å². The lowest BCUT2D eigenvalue weighted by atomic mass is 10.1. The average Bonchev–Trinajstić information content (AvgIpc) is 2.73. The van der Waals surface area contributed by atoms with Crippen molar-refractivity contribution in [2.75, 3.05) is 6.54 Å². The molecule has 0 aromatic rings. The number of ether oxygens (including phenoxy) is 1. The summed E-state index contributed by atoms with van der Waals surface area (Å²) < 4.78 is 5.22. The molecule has 1 N–H and O–H groups in total. The Morgan fingerprint density at radius 1 is 1.23 bits per heavy atom. The zero-order valence-corrected chi connectivity index (χ0v) is 13.8. The Labute approximate surface area is 131 Å². The van der Waals surface area contributed by atoms with Gasteiger partial charge in [-0.25, -0.2) is 4.79 Å². The van der Waals surface area contributed by atoms with Crippen molar-refractivity contribution in [3.63, 3.8) is 0 Å². The van der Waals surface area contributed by atoms with Crippen LogP contribution >= 0.6 is 0 Å². The number of nitrogens with zero attached hydrogens (tertiary/aromatic N) is 1. The number of aliphatic carboxylic acids is 1. The third-order valence-corrected chi connectivity index (χ3v) is 3.56. The van der Waals surface area contributed by atoms with Crippen molar-refractivity contribution in [2.24, 2.45) is 0 Å². The Balaban J connectivity index is 2.14. The standard InChI is InChI=1S/C16H27NO5/c1-16(2,3)22-14(19)8-6-4-5-7-11-17-12(15(20)21)9-10-13(17)18/h12H,4-11H2,1-3H3,(H,20,21). The van der Waals surface area contributed by atoms with Gasteiger partial charge in [0.15, 0.2) is 0 Å². The summed E-state index contributed by atoms with van der Waals surface area (Å²) in [6, 6.07) is -0.658. The van der Waals surface area contributed by atoms with E-state index in [1.165, 1.54) is 4.90 Å². The lowest BCUT2D eigenvalue weighted by molar-refractivity contribution is -0.155. The molecule has 6 nitrogen and oxygen atoms in total. The first kappa shape index (κ1) is 18.5. The molecule has 1 atom stereocenters. The molecule has 1 fully saturated rings. The summed E-state index contributed by atoms with van der Waals surface area (Å²) in [5, 5.41) is 9.05. The SMILES string of the molecule is CC(C)(C)OC(=O)CCCCCCN1C(=O)CCC1C(=O)O. The van der Waals surface area contributed by atoms with Gasteiger partial charge in [0.1, 0.15) is 11.6 Å². The van der Waals surface area contributed by atoms with Crippen LogP contribution in [0.25, 0.3) is 0 Å². The lowest BCUT2D eigenvalue weighted by Crippen LogP contribution is -2.39. The van der Waals surface area contributed by atoms with Crippen molar-refractivity contribution in [1.29, 1.82) is 0 Å². The summed E-state index contributed by atoms with van der Waals surface area (Å²) in [6.45, 7) is 6.02. The van der Waals surface area contributed by atoms with Gasteiger partial charge in [-0.2, -0.15) is 0 Å². The molecule has 0 aromatic heterocycles. The number of likely N-dealkylation sites (tertiary alicyclic amines) is 1. The lowest BCUT2D eigenvalue weighted by Gasteiger charge is -2.21. The number of amides is 1. The fourth-order valence-electron chi connectivity index (χ4n) is 2.57. The van der Waals surface area contributed by atoms with E-state index in [1.54, 1.807) is 0 Å². The van der Waals surface area contributed by atoms with Crippen LogP contribution in [0.4, 0.5) is 0 Å². The van der Waals surface area contributed by atoms with Crippen LogP contribution in [0.5, 0.6) is 0 Å². The summed E-state index contributed by atoms with van der Waals surface area (Å²) in [5.41, 5.74) is -0.445. The Hall–Kier alpha value is -1.59. The van der Waals surface area contributed by atoms with E-state index < -0.39 is 17.6 Å². The van der Waals surface area contributed by atoms with Gasteiger partial charge in [-0.15, -0.1) is 0 Å². The molecule has 1 rings (SSSR count). The van der Waals surface area contributed by atoms with Gasteiger partial charge in [0.25, 0.3) is 0 Å². The predicted molar refractivity (Wildman–Crippen MR) is 81.3 cm³/mol. The van der Waals surface area contributed by atoms with Crippen molar-refractivity contribution in [3.8, 4) is 0 Å². The highest BCUT2D eigenvalue weighted by atomic mass is 16.6. The predicted octanol–water partition coefficient (Wildman–Crippen LogP) is 2.35. The molecule has 0 saturated carbocycles. The van der Waals surface area contributed by atoms with Crippen LogP contribution in [0.1, 0.15) is 65.7 Å². The van der Waals surface area contributed by atoms with Crippen LogP contribution in [0, 0.1) is 0 Å². The van der Waals surface area contributed by atoms with Gasteiger partial charge < -0.3 is 14.7 Å². The van der Waals surface area contributed by atoms with Crippen LogP contribution < -0.4 is 0 Å². The molecule has 1 aliphatic rings.